The van der Waals surface area contributed by atoms with E-state index >= 15 is 0 Å². The number of nitrogens with one attached hydrogen (secondary N) is 2. The highest BCUT2D eigenvalue weighted by atomic mass is 16.6. The number of carbonyl (C=O) groups is 5. The summed E-state index contributed by atoms with van der Waals surface area (Å²) in [5, 5.41) is 20.7. The summed E-state index contributed by atoms with van der Waals surface area (Å²) in [5.74, 6) is -4.12. The predicted octanol–water partition coefficient (Wildman–Crippen LogP) is 0.979. The molecule has 0 aromatic rings. The van der Waals surface area contributed by atoms with Crippen LogP contribution in [0.25, 0.3) is 0 Å². The van der Waals surface area contributed by atoms with Crippen LogP contribution in [0, 0.1) is 0 Å². The zero-order chi connectivity index (χ0) is 25.8. The number of nitrogens with zero attached hydrogens (tertiary/aromatic N) is 1. The second-order valence-electron chi connectivity index (χ2n) is 9.39. The number of carboxylic acid groups (broad SMARTS) is 2. The van der Waals surface area contributed by atoms with Gasteiger partial charge in [-0.15, -0.1) is 0 Å². The standard InChI is InChI=1S/C19H35N3O5.C2H2O4/c1-18(2,3)26-15(23)13-22-12-11-20-14(16(22)24)9-7-8-10-21-17(25)27-19(4,5)6;3-1(4)2(5)6/h14,20H,7-13H2,1-6H3,(H,21,25);(H,3,4)(H,5,6). The molecule has 0 spiro atoms. The van der Waals surface area contributed by atoms with Crippen molar-refractivity contribution in [1.82, 2.24) is 15.5 Å². The Labute approximate surface area is 194 Å². The summed E-state index contributed by atoms with van der Waals surface area (Å²) < 4.78 is 10.5. The fraction of sp³-hybridized carbons (Fsp3) is 0.762. The molecule has 1 fully saturated rings. The van der Waals surface area contributed by atoms with Crippen molar-refractivity contribution in [2.45, 2.75) is 78.0 Å². The van der Waals surface area contributed by atoms with Crippen molar-refractivity contribution in [2.75, 3.05) is 26.2 Å². The Balaban J connectivity index is 0.00000150. The van der Waals surface area contributed by atoms with Gasteiger partial charge in [-0.3, -0.25) is 9.59 Å². The van der Waals surface area contributed by atoms with Gasteiger partial charge in [-0.05, 0) is 60.8 Å². The number of amides is 2. The third-order valence-corrected chi connectivity index (χ3v) is 3.89. The first-order chi connectivity index (χ1) is 15.0. The third-order valence-electron chi connectivity index (χ3n) is 3.89. The second-order valence-corrected chi connectivity index (χ2v) is 9.39. The van der Waals surface area contributed by atoms with Gasteiger partial charge in [0.2, 0.25) is 5.91 Å². The van der Waals surface area contributed by atoms with Crippen molar-refractivity contribution in [2.24, 2.45) is 0 Å². The molecule has 1 unspecified atom stereocenters. The van der Waals surface area contributed by atoms with E-state index in [0.29, 0.717) is 26.1 Å². The number of unbranched alkanes of at least 4 members (excludes halogenated alkanes) is 1. The zero-order valence-electron chi connectivity index (χ0n) is 20.2. The first kappa shape index (κ1) is 30.1. The lowest BCUT2D eigenvalue weighted by molar-refractivity contribution is -0.160. The lowest BCUT2D eigenvalue weighted by atomic mass is 10.1. The van der Waals surface area contributed by atoms with Crippen LogP contribution in [-0.2, 0) is 28.7 Å². The largest absolute Gasteiger partial charge is 0.473 e. The molecule has 1 heterocycles. The molecule has 1 aliphatic rings. The zero-order valence-corrected chi connectivity index (χ0v) is 20.2. The van der Waals surface area contributed by atoms with E-state index in [1.165, 1.54) is 0 Å². The quantitative estimate of drug-likeness (QED) is 0.236. The van der Waals surface area contributed by atoms with Crippen molar-refractivity contribution in [1.29, 1.82) is 0 Å². The van der Waals surface area contributed by atoms with Gasteiger partial charge in [-0.1, -0.05) is 0 Å². The summed E-state index contributed by atoms with van der Waals surface area (Å²) in [4.78, 5) is 55.8. The van der Waals surface area contributed by atoms with Crippen LogP contribution < -0.4 is 10.6 Å². The molecular formula is C21H37N3O9. The predicted molar refractivity (Wildman–Crippen MR) is 118 cm³/mol. The Morgan fingerprint density at radius 3 is 2.03 bits per heavy atom. The SMILES string of the molecule is CC(C)(C)OC(=O)CN1CCNC(CCCCNC(=O)OC(C)(C)C)C1=O.O=C(O)C(=O)O. The third kappa shape index (κ3) is 15.5. The highest BCUT2D eigenvalue weighted by molar-refractivity contribution is 6.27. The molecule has 1 rings (SSSR count). The normalized spacial score (nSPS) is 16.2. The lowest BCUT2D eigenvalue weighted by Crippen LogP contribution is -2.56. The molecule has 0 aromatic heterocycles. The van der Waals surface area contributed by atoms with E-state index < -0.39 is 35.2 Å². The molecule has 2 amide bonds. The summed E-state index contributed by atoms with van der Waals surface area (Å²) in [7, 11) is 0. The summed E-state index contributed by atoms with van der Waals surface area (Å²) in [5.41, 5.74) is -1.07. The highest BCUT2D eigenvalue weighted by Crippen LogP contribution is 2.12. The number of hydrogen-bond acceptors (Lipinski definition) is 8. The van der Waals surface area contributed by atoms with Crippen LogP contribution in [0.4, 0.5) is 4.79 Å². The van der Waals surface area contributed by atoms with Crippen LogP contribution in [0.2, 0.25) is 0 Å². The topological polar surface area (TPSA) is 172 Å². The average Bonchev–Trinajstić information content (AvgIpc) is 2.61. The van der Waals surface area contributed by atoms with Crippen LogP contribution in [-0.4, -0.2) is 88.4 Å². The Hall–Kier alpha value is -2.89. The molecule has 4 N–H and O–H groups in total. The minimum atomic E-state index is -1.82. The number of hydrogen-bond donors (Lipinski definition) is 4. The van der Waals surface area contributed by atoms with Crippen molar-refractivity contribution in [3.63, 3.8) is 0 Å². The molecule has 1 aliphatic heterocycles. The van der Waals surface area contributed by atoms with Crippen LogP contribution >= 0.6 is 0 Å². The van der Waals surface area contributed by atoms with E-state index in [1.807, 2.05) is 20.8 Å². The van der Waals surface area contributed by atoms with Crippen LogP contribution in [0.15, 0.2) is 0 Å². The van der Waals surface area contributed by atoms with Gasteiger partial charge in [0.05, 0.1) is 6.04 Å². The number of piperazine rings is 1. The molecule has 12 heteroatoms. The molecule has 12 nitrogen and oxygen atoms in total. The molecule has 1 saturated heterocycles. The summed E-state index contributed by atoms with van der Waals surface area (Å²) in [6, 6.07) is -0.303. The van der Waals surface area contributed by atoms with E-state index in [-0.39, 0.29) is 18.5 Å². The molecule has 33 heavy (non-hydrogen) atoms. The number of esters is 1. The van der Waals surface area contributed by atoms with Gasteiger partial charge in [0.25, 0.3) is 0 Å². The maximum absolute atomic E-state index is 12.5. The minimum Gasteiger partial charge on any atom is -0.473 e. The first-order valence-corrected chi connectivity index (χ1v) is 10.7. The number of carboxylic acids is 2. The average molecular weight is 476 g/mol. The van der Waals surface area contributed by atoms with Crippen molar-refractivity contribution in [3.05, 3.63) is 0 Å². The number of alkyl carbamates (subject to hydrolysis) is 1. The Morgan fingerprint density at radius 2 is 1.55 bits per heavy atom. The van der Waals surface area contributed by atoms with Gasteiger partial charge in [0.1, 0.15) is 17.7 Å². The maximum atomic E-state index is 12.5. The Kier molecular flexibility index (Phi) is 12.4. The smallest absolute Gasteiger partial charge is 0.414 e. The fourth-order valence-electron chi connectivity index (χ4n) is 2.68. The summed E-state index contributed by atoms with van der Waals surface area (Å²) in [6.07, 6.45) is 1.74. The number of rotatable bonds is 7. The van der Waals surface area contributed by atoms with Gasteiger partial charge in [-0.2, -0.15) is 0 Å². The van der Waals surface area contributed by atoms with Crippen molar-refractivity contribution < 1.29 is 43.7 Å². The Bertz CT molecular complexity index is 684. The molecule has 0 aromatic carbocycles. The van der Waals surface area contributed by atoms with Gasteiger partial charge in [-0.25, -0.2) is 14.4 Å². The van der Waals surface area contributed by atoms with Gasteiger partial charge < -0.3 is 35.2 Å². The van der Waals surface area contributed by atoms with Gasteiger partial charge in [0, 0.05) is 19.6 Å². The van der Waals surface area contributed by atoms with Crippen molar-refractivity contribution >= 4 is 29.9 Å². The maximum Gasteiger partial charge on any atom is 0.414 e. The monoisotopic (exact) mass is 475 g/mol. The molecule has 0 radical (unpaired) electrons. The Morgan fingerprint density at radius 1 is 1.00 bits per heavy atom. The number of ether oxygens (including phenoxy) is 2. The van der Waals surface area contributed by atoms with Crippen LogP contribution in [0.3, 0.4) is 0 Å². The molecular weight excluding hydrogens is 438 g/mol. The fourth-order valence-corrected chi connectivity index (χ4v) is 2.68. The molecule has 1 atom stereocenters. The minimum absolute atomic E-state index is 0.0194. The number of aliphatic carboxylic acids is 2. The summed E-state index contributed by atoms with van der Waals surface area (Å²) in [6.45, 7) is 12.5. The van der Waals surface area contributed by atoms with E-state index in [1.54, 1.807) is 25.7 Å². The van der Waals surface area contributed by atoms with E-state index in [9.17, 15) is 14.4 Å². The highest BCUT2D eigenvalue weighted by Gasteiger charge is 2.30. The molecule has 0 saturated carbocycles. The molecule has 0 aliphatic carbocycles. The first-order valence-electron chi connectivity index (χ1n) is 10.7. The summed E-state index contributed by atoms with van der Waals surface area (Å²) >= 11 is 0. The van der Waals surface area contributed by atoms with Gasteiger partial charge >= 0.3 is 24.0 Å². The van der Waals surface area contributed by atoms with E-state index in [2.05, 4.69) is 10.6 Å². The van der Waals surface area contributed by atoms with E-state index in [4.69, 9.17) is 29.3 Å². The van der Waals surface area contributed by atoms with Crippen LogP contribution in [0.1, 0.15) is 60.8 Å². The molecule has 190 valence electrons. The van der Waals surface area contributed by atoms with Gasteiger partial charge in [0.15, 0.2) is 0 Å². The van der Waals surface area contributed by atoms with Crippen LogP contribution in [0.5, 0.6) is 0 Å². The van der Waals surface area contributed by atoms with Crippen molar-refractivity contribution in [3.8, 4) is 0 Å². The molecule has 0 bridgehead atoms. The van der Waals surface area contributed by atoms with E-state index in [0.717, 1.165) is 12.8 Å². The second kappa shape index (κ2) is 13.6. The number of carbonyl (C=O) groups excluding carboxylic acids is 3. The lowest BCUT2D eigenvalue weighted by Gasteiger charge is -2.33.